The quantitative estimate of drug-likeness (QED) is 0.300. The number of benzene rings is 2. The molecule has 0 spiro atoms. The Labute approximate surface area is 190 Å². The van der Waals surface area contributed by atoms with Gasteiger partial charge in [0.05, 0.1) is 31.5 Å². The highest BCUT2D eigenvalue weighted by atomic mass is 32.2. The molecule has 2 aromatic heterocycles. The van der Waals surface area contributed by atoms with Crippen LogP contribution in [-0.4, -0.2) is 43.8 Å². The van der Waals surface area contributed by atoms with E-state index in [2.05, 4.69) is 4.99 Å². The predicted octanol–water partition coefficient (Wildman–Crippen LogP) is 3.62. The Morgan fingerprint density at radius 2 is 1.94 bits per heavy atom. The number of thiophene rings is 1. The standard InChI is InChI=1S/C20H17N3O6S3/c1-29-8-7-22-15-5-4-14(32(2,27)28)11-17(15)31-20(22)21-19(24)18-10-12-9-13(23(25)26)3-6-16(12)30-18/h3-6,9-11H,7-8H2,1-2H3. The first-order chi connectivity index (χ1) is 15.2. The molecule has 0 bridgehead atoms. The molecular weight excluding hydrogens is 474 g/mol. The van der Waals surface area contributed by atoms with Gasteiger partial charge < -0.3 is 9.30 Å². The molecular formula is C20H17N3O6S3. The Kier molecular flexibility index (Phi) is 5.95. The van der Waals surface area contributed by atoms with Crippen LogP contribution in [0.25, 0.3) is 20.3 Å². The lowest BCUT2D eigenvalue weighted by Gasteiger charge is -2.04. The van der Waals surface area contributed by atoms with Crippen LogP contribution in [0.15, 0.2) is 52.4 Å². The van der Waals surface area contributed by atoms with Crippen LogP contribution in [0.2, 0.25) is 0 Å². The summed E-state index contributed by atoms with van der Waals surface area (Å²) in [7, 11) is -1.81. The molecule has 0 aliphatic rings. The van der Waals surface area contributed by atoms with Crippen molar-refractivity contribution in [1.82, 2.24) is 4.57 Å². The van der Waals surface area contributed by atoms with Crippen molar-refractivity contribution in [3.8, 4) is 0 Å². The smallest absolute Gasteiger partial charge is 0.289 e. The largest absolute Gasteiger partial charge is 0.383 e. The van der Waals surface area contributed by atoms with Crippen molar-refractivity contribution in [2.45, 2.75) is 11.4 Å². The van der Waals surface area contributed by atoms with Crippen LogP contribution >= 0.6 is 22.7 Å². The van der Waals surface area contributed by atoms with Gasteiger partial charge in [-0.1, -0.05) is 11.3 Å². The van der Waals surface area contributed by atoms with Crippen LogP contribution < -0.4 is 4.80 Å². The number of nitrogens with zero attached hydrogens (tertiary/aromatic N) is 3. The van der Waals surface area contributed by atoms with Crippen molar-refractivity contribution in [1.29, 1.82) is 0 Å². The van der Waals surface area contributed by atoms with Crippen molar-refractivity contribution in [3.63, 3.8) is 0 Å². The molecule has 0 saturated carbocycles. The average Bonchev–Trinajstić information content (AvgIpc) is 3.31. The van der Waals surface area contributed by atoms with E-state index in [0.29, 0.717) is 32.9 Å². The van der Waals surface area contributed by atoms with Gasteiger partial charge in [0.2, 0.25) is 0 Å². The number of fused-ring (bicyclic) bond motifs is 2. The van der Waals surface area contributed by atoms with E-state index in [1.54, 1.807) is 31.4 Å². The van der Waals surface area contributed by atoms with E-state index in [0.717, 1.165) is 16.5 Å². The fraction of sp³-hybridized carbons (Fsp3) is 0.200. The van der Waals surface area contributed by atoms with Gasteiger partial charge in [0.1, 0.15) is 0 Å². The van der Waals surface area contributed by atoms with E-state index >= 15 is 0 Å². The topological polar surface area (TPSA) is 121 Å². The van der Waals surface area contributed by atoms with Crippen LogP contribution in [0.5, 0.6) is 0 Å². The number of ether oxygens (including phenoxy) is 1. The van der Waals surface area contributed by atoms with Gasteiger partial charge in [-0.15, -0.1) is 11.3 Å². The molecule has 12 heteroatoms. The second kappa shape index (κ2) is 8.54. The molecule has 0 aliphatic heterocycles. The van der Waals surface area contributed by atoms with Crippen molar-refractivity contribution >= 4 is 64.4 Å². The number of nitro benzene ring substituents is 1. The van der Waals surface area contributed by atoms with Crippen molar-refractivity contribution in [2.24, 2.45) is 4.99 Å². The van der Waals surface area contributed by atoms with Crippen molar-refractivity contribution < 1.29 is 22.9 Å². The van der Waals surface area contributed by atoms with Crippen LogP contribution in [0.4, 0.5) is 5.69 Å². The summed E-state index contributed by atoms with van der Waals surface area (Å²) < 4.78 is 32.2. The first-order valence-electron chi connectivity index (χ1n) is 9.27. The summed E-state index contributed by atoms with van der Waals surface area (Å²) in [5.41, 5.74) is 0.702. The van der Waals surface area contributed by atoms with Gasteiger partial charge in [0.15, 0.2) is 14.6 Å². The summed E-state index contributed by atoms with van der Waals surface area (Å²) in [6.07, 6.45) is 1.14. The third kappa shape index (κ3) is 4.35. The molecule has 0 N–H and O–H groups in total. The molecule has 2 aromatic carbocycles. The molecule has 0 radical (unpaired) electrons. The molecule has 0 unspecified atom stereocenters. The second-order valence-corrected chi connectivity index (χ2v) is 11.0. The number of nitro groups is 1. The van der Waals surface area contributed by atoms with E-state index in [4.69, 9.17) is 4.74 Å². The summed E-state index contributed by atoms with van der Waals surface area (Å²) in [5.74, 6) is -0.477. The molecule has 0 fully saturated rings. The monoisotopic (exact) mass is 491 g/mol. The zero-order chi connectivity index (χ0) is 23.0. The maximum absolute atomic E-state index is 12.9. The van der Waals surface area contributed by atoms with Gasteiger partial charge >= 0.3 is 0 Å². The first-order valence-corrected chi connectivity index (χ1v) is 12.8. The van der Waals surface area contributed by atoms with Gasteiger partial charge in [-0.3, -0.25) is 14.9 Å². The lowest BCUT2D eigenvalue weighted by Crippen LogP contribution is -2.19. The molecule has 4 rings (SSSR count). The van der Waals surface area contributed by atoms with Gasteiger partial charge in [-0.05, 0) is 30.3 Å². The average molecular weight is 492 g/mol. The zero-order valence-corrected chi connectivity index (χ0v) is 19.4. The Hall–Kier alpha value is -2.93. The van der Waals surface area contributed by atoms with Crippen LogP contribution in [0, 0.1) is 10.1 Å². The fourth-order valence-electron chi connectivity index (χ4n) is 3.16. The van der Waals surface area contributed by atoms with Crippen molar-refractivity contribution in [3.05, 3.63) is 62.3 Å². The first kappa shape index (κ1) is 22.3. The Morgan fingerprint density at radius 3 is 2.62 bits per heavy atom. The van der Waals surface area contributed by atoms with E-state index in [1.807, 2.05) is 4.57 Å². The second-order valence-electron chi connectivity index (χ2n) is 6.94. The maximum Gasteiger partial charge on any atom is 0.289 e. The number of non-ortho nitro benzene ring substituents is 1. The molecule has 0 aliphatic carbocycles. The van der Waals surface area contributed by atoms with Gasteiger partial charge in [0.25, 0.3) is 11.6 Å². The normalized spacial score (nSPS) is 12.6. The number of hydrogen-bond acceptors (Lipinski definition) is 8. The number of rotatable bonds is 6. The number of thiazole rings is 1. The number of hydrogen-bond donors (Lipinski definition) is 0. The predicted molar refractivity (Wildman–Crippen MR) is 123 cm³/mol. The number of amides is 1. The van der Waals surface area contributed by atoms with E-state index < -0.39 is 20.7 Å². The molecule has 32 heavy (non-hydrogen) atoms. The lowest BCUT2D eigenvalue weighted by molar-refractivity contribution is -0.384. The molecule has 0 saturated heterocycles. The molecule has 0 atom stereocenters. The zero-order valence-electron chi connectivity index (χ0n) is 17.0. The summed E-state index contributed by atoms with van der Waals surface area (Å²) in [4.78, 5) is 28.7. The highest BCUT2D eigenvalue weighted by Crippen LogP contribution is 2.29. The number of aromatic nitrogens is 1. The van der Waals surface area contributed by atoms with Gasteiger partial charge in [0, 0.05) is 42.1 Å². The summed E-state index contributed by atoms with van der Waals surface area (Å²) in [5, 5.41) is 11.6. The van der Waals surface area contributed by atoms with Gasteiger partial charge in [-0.2, -0.15) is 4.99 Å². The van der Waals surface area contributed by atoms with Crippen molar-refractivity contribution in [2.75, 3.05) is 20.0 Å². The molecule has 9 nitrogen and oxygen atoms in total. The molecule has 4 aromatic rings. The minimum Gasteiger partial charge on any atom is -0.383 e. The summed E-state index contributed by atoms with van der Waals surface area (Å²) in [6, 6.07) is 10.8. The third-order valence-corrected chi connectivity index (χ3v) is 7.98. The van der Waals surface area contributed by atoms with Crippen LogP contribution in [-0.2, 0) is 21.1 Å². The Balaban J connectivity index is 1.81. The summed E-state index contributed by atoms with van der Waals surface area (Å²) in [6.45, 7) is 0.813. The Bertz CT molecular complexity index is 1550. The lowest BCUT2D eigenvalue weighted by atomic mass is 10.2. The Morgan fingerprint density at radius 1 is 1.16 bits per heavy atom. The molecule has 1 amide bonds. The van der Waals surface area contributed by atoms with E-state index in [1.165, 1.54) is 40.9 Å². The highest BCUT2D eigenvalue weighted by molar-refractivity contribution is 7.90. The number of carbonyl (C=O) groups excluding carboxylic acids is 1. The van der Waals surface area contributed by atoms with E-state index in [9.17, 15) is 23.3 Å². The molecule has 2 heterocycles. The van der Waals surface area contributed by atoms with Crippen LogP contribution in [0.3, 0.4) is 0 Å². The number of carbonyl (C=O) groups is 1. The SMILES string of the molecule is COCCn1c(=NC(=O)c2cc3cc([N+](=O)[O-])ccc3s2)sc2cc(S(C)(=O)=O)ccc21. The molecule has 166 valence electrons. The van der Waals surface area contributed by atoms with Crippen LogP contribution in [0.1, 0.15) is 9.67 Å². The minimum atomic E-state index is -3.38. The summed E-state index contributed by atoms with van der Waals surface area (Å²) >= 11 is 2.42. The highest BCUT2D eigenvalue weighted by Gasteiger charge is 2.16. The fourth-order valence-corrected chi connectivity index (χ4v) is 5.90. The van der Waals surface area contributed by atoms with E-state index in [-0.39, 0.29) is 10.6 Å². The van der Waals surface area contributed by atoms with Gasteiger partial charge in [-0.25, -0.2) is 8.42 Å². The number of methoxy groups -OCH3 is 1. The maximum atomic E-state index is 12.9. The minimum absolute atomic E-state index is 0.0465. The number of sulfone groups is 1. The third-order valence-electron chi connectivity index (χ3n) is 4.72.